The Morgan fingerprint density at radius 3 is 2.59 bits per heavy atom. The van der Waals surface area contributed by atoms with Crippen LogP contribution in [0.25, 0.3) is 0 Å². The molecule has 1 aliphatic heterocycles. The van der Waals surface area contributed by atoms with Crippen molar-refractivity contribution in [2.45, 2.75) is 17.1 Å². The first-order valence-electron chi connectivity index (χ1n) is 6.68. The number of halogens is 2. The summed E-state index contributed by atoms with van der Waals surface area (Å²) in [6.45, 7) is 1.98. The van der Waals surface area contributed by atoms with E-state index in [-0.39, 0.29) is 22.5 Å². The third-order valence-corrected chi connectivity index (χ3v) is 6.91. The van der Waals surface area contributed by atoms with Crippen molar-refractivity contribution in [2.24, 2.45) is 5.73 Å². The highest BCUT2D eigenvalue weighted by molar-refractivity contribution is 7.91. The molecule has 1 aliphatic rings. The van der Waals surface area contributed by atoms with Crippen LogP contribution in [0.1, 0.15) is 12.8 Å². The molecule has 0 spiro atoms. The number of hydrogen-bond acceptors (Lipinski definition) is 5. The molecule has 1 fully saturated rings. The van der Waals surface area contributed by atoms with Crippen molar-refractivity contribution in [3.8, 4) is 0 Å². The van der Waals surface area contributed by atoms with Crippen molar-refractivity contribution in [1.29, 1.82) is 0 Å². The largest absolute Gasteiger partial charge is 0.341 e. The quantitative estimate of drug-likeness (QED) is 0.845. The zero-order valence-electron chi connectivity index (χ0n) is 11.9. The summed E-state index contributed by atoms with van der Waals surface area (Å²) in [6.07, 6.45) is 0.919. The van der Waals surface area contributed by atoms with Crippen LogP contribution in [0.15, 0.2) is 16.3 Å². The second-order valence-corrected chi connectivity index (χ2v) is 8.62. The Morgan fingerprint density at radius 1 is 1.27 bits per heavy atom. The fourth-order valence-electron chi connectivity index (χ4n) is 2.23. The number of amides is 1. The molecule has 1 aromatic heterocycles. The van der Waals surface area contributed by atoms with Crippen molar-refractivity contribution < 1.29 is 13.2 Å². The summed E-state index contributed by atoms with van der Waals surface area (Å²) < 4.78 is 27.1. The van der Waals surface area contributed by atoms with E-state index in [1.165, 1.54) is 10.4 Å². The Morgan fingerprint density at radius 2 is 2.00 bits per heavy atom. The Labute approximate surface area is 145 Å². The number of carbonyl (C=O) groups excluding carboxylic acids is 1. The van der Waals surface area contributed by atoms with Crippen LogP contribution < -0.4 is 5.73 Å². The predicted octanol–water partition coefficient (Wildman–Crippen LogP) is 1.40. The summed E-state index contributed by atoms with van der Waals surface area (Å²) in [6, 6.07) is 3.10. The lowest BCUT2D eigenvalue weighted by Gasteiger charge is -2.21. The average molecular weight is 388 g/mol. The van der Waals surface area contributed by atoms with Gasteiger partial charge in [0.2, 0.25) is 5.91 Å². The van der Waals surface area contributed by atoms with Crippen LogP contribution in [0.2, 0.25) is 4.34 Å². The van der Waals surface area contributed by atoms with Crippen molar-refractivity contribution in [1.82, 2.24) is 9.21 Å². The summed E-state index contributed by atoms with van der Waals surface area (Å²) in [7, 11) is -3.52. The first-order valence-corrected chi connectivity index (χ1v) is 9.32. The maximum absolute atomic E-state index is 12.5. The summed E-state index contributed by atoms with van der Waals surface area (Å²) in [5.41, 5.74) is 5.39. The Bertz CT molecular complexity index is 607. The molecule has 0 radical (unpaired) electrons. The second kappa shape index (κ2) is 8.47. The number of carbonyl (C=O) groups is 1. The summed E-state index contributed by atoms with van der Waals surface area (Å²) >= 11 is 6.86. The number of thiophene rings is 1. The molecule has 2 heterocycles. The van der Waals surface area contributed by atoms with Crippen molar-refractivity contribution in [3.05, 3.63) is 16.5 Å². The fraction of sp³-hybridized carbons (Fsp3) is 0.583. The first-order chi connectivity index (χ1) is 9.95. The van der Waals surface area contributed by atoms with Crippen LogP contribution in [0.3, 0.4) is 0 Å². The molecular weight excluding hydrogens is 369 g/mol. The molecule has 126 valence electrons. The van der Waals surface area contributed by atoms with Crippen molar-refractivity contribution in [3.63, 3.8) is 0 Å². The normalized spacial score (nSPS) is 16.9. The first kappa shape index (κ1) is 19.7. The van der Waals surface area contributed by atoms with E-state index in [1.54, 1.807) is 11.0 Å². The van der Waals surface area contributed by atoms with Gasteiger partial charge in [-0.25, -0.2) is 8.42 Å². The molecule has 22 heavy (non-hydrogen) atoms. The van der Waals surface area contributed by atoms with Gasteiger partial charge in [-0.3, -0.25) is 4.79 Å². The lowest BCUT2D eigenvalue weighted by molar-refractivity contribution is -0.130. The van der Waals surface area contributed by atoms with Gasteiger partial charge in [0, 0.05) is 39.1 Å². The van der Waals surface area contributed by atoms with E-state index in [0.29, 0.717) is 49.9 Å². The van der Waals surface area contributed by atoms with E-state index in [2.05, 4.69) is 0 Å². The zero-order valence-corrected chi connectivity index (χ0v) is 15.1. The fourth-order valence-corrected chi connectivity index (χ4v) is 5.34. The topological polar surface area (TPSA) is 83.7 Å². The van der Waals surface area contributed by atoms with Gasteiger partial charge in [-0.15, -0.1) is 23.7 Å². The van der Waals surface area contributed by atoms with Crippen molar-refractivity contribution in [2.75, 3.05) is 32.7 Å². The van der Waals surface area contributed by atoms with Gasteiger partial charge >= 0.3 is 0 Å². The molecule has 0 atom stereocenters. The summed E-state index contributed by atoms with van der Waals surface area (Å²) in [4.78, 5) is 13.5. The summed E-state index contributed by atoms with van der Waals surface area (Å²) in [5, 5.41) is 0. The van der Waals surface area contributed by atoms with E-state index in [9.17, 15) is 13.2 Å². The highest BCUT2D eigenvalue weighted by Gasteiger charge is 2.29. The monoisotopic (exact) mass is 387 g/mol. The number of nitrogens with zero attached hydrogens (tertiary/aromatic N) is 2. The van der Waals surface area contributed by atoms with E-state index < -0.39 is 10.0 Å². The summed E-state index contributed by atoms with van der Waals surface area (Å²) in [5.74, 6) is -0.0177. The average Bonchev–Trinajstić information content (AvgIpc) is 2.74. The SMILES string of the molecule is Cl.NCCC(=O)N1CCCN(S(=O)(=O)c2ccc(Cl)s2)CC1. The molecular formula is C12H19Cl2N3O3S2. The number of nitrogens with two attached hydrogens (primary N) is 1. The van der Waals surface area contributed by atoms with Gasteiger partial charge in [0.15, 0.2) is 0 Å². The highest BCUT2D eigenvalue weighted by atomic mass is 35.5. The van der Waals surface area contributed by atoms with E-state index in [4.69, 9.17) is 17.3 Å². The molecule has 0 aromatic carbocycles. The molecule has 2 rings (SSSR count). The van der Waals surface area contributed by atoms with Gasteiger partial charge in [-0.2, -0.15) is 4.31 Å². The maximum Gasteiger partial charge on any atom is 0.252 e. The third-order valence-electron chi connectivity index (χ3n) is 3.31. The molecule has 1 amide bonds. The lowest BCUT2D eigenvalue weighted by atomic mass is 10.3. The van der Waals surface area contributed by atoms with Crippen LogP contribution in [0.4, 0.5) is 0 Å². The molecule has 0 bridgehead atoms. The maximum atomic E-state index is 12.5. The van der Waals surface area contributed by atoms with Crippen LogP contribution >= 0.6 is 35.3 Å². The van der Waals surface area contributed by atoms with Gasteiger partial charge < -0.3 is 10.6 Å². The molecule has 10 heteroatoms. The van der Waals surface area contributed by atoms with Gasteiger partial charge in [0.1, 0.15) is 4.21 Å². The molecule has 6 nitrogen and oxygen atoms in total. The Balaban J connectivity index is 0.00000242. The third kappa shape index (κ3) is 4.56. The zero-order chi connectivity index (χ0) is 15.5. The van der Waals surface area contributed by atoms with Crippen molar-refractivity contribution >= 4 is 51.3 Å². The molecule has 1 aromatic rings. The van der Waals surface area contributed by atoms with Crippen LogP contribution in [-0.2, 0) is 14.8 Å². The van der Waals surface area contributed by atoms with E-state index >= 15 is 0 Å². The number of sulfonamides is 1. The smallest absolute Gasteiger partial charge is 0.252 e. The van der Waals surface area contributed by atoms with E-state index in [0.717, 1.165) is 11.3 Å². The Kier molecular flexibility index (Phi) is 7.57. The second-order valence-electron chi connectivity index (χ2n) is 4.74. The minimum Gasteiger partial charge on any atom is -0.341 e. The molecule has 2 N–H and O–H groups in total. The molecule has 1 saturated heterocycles. The standard InChI is InChI=1S/C12H18ClN3O3S2.ClH/c13-10-2-3-12(20-10)21(18,19)16-7-1-6-15(8-9-16)11(17)4-5-14;/h2-3H,1,4-9,14H2;1H. The van der Waals surface area contributed by atoms with Gasteiger partial charge in [0.05, 0.1) is 4.34 Å². The van der Waals surface area contributed by atoms with Crippen LogP contribution in [0, 0.1) is 0 Å². The minimum absolute atomic E-state index is 0. The molecule has 0 saturated carbocycles. The number of rotatable bonds is 4. The molecule has 0 aliphatic carbocycles. The van der Waals surface area contributed by atoms with Crippen LogP contribution in [0.5, 0.6) is 0 Å². The number of hydrogen-bond donors (Lipinski definition) is 1. The molecule has 0 unspecified atom stereocenters. The van der Waals surface area contributed by atoms with Gasteiger partial charge in [0.25, 0.3) is 10.0 Å². The lowest BCUT2D eigenvalue weighted by Crippen LogP contribution is -2.37. The Hall–Kier alpha value is -0.380. The van der Waals surface area contributed by atoms with E-state index in [1.807, 2.05) is 0 Å². The van der Waals surface area contributed by atoms with Crippen LogP contribution in [-0.4, -0.2) is 56.3 Å². The van der Waals surface area contributed by atoms with Gasteiger partial charge in [-0.1, -0.05) is 11.6 Å². The minimum atomic E-state index is -3.52. The highest BCUT2D eigenvalue weighted by Crippen LogP contribution is 2.28. The predicted molar refractivity (Wildman–Crippen MR) is 90.2 cm³/mol. The van der Waals surface area contributed by atoms with Gasteiger partial charge in [-0.05, 0) is 18.6 Å².